The standard InChI is InChI=1S/2C9H12N.Y/c2*1-8-6-4-5-7-9(8)10(2)3;/h2*4-7H,1H2,2-3H3;/q2*-1;. The van der Waals surface area contributed by atoms with Crippen LogP contribution in [0.1, 0.15) is 11.1 Å². The van der Waals surface area contributed by atoms with Crippen LogP contribution in [0.2, 0.25) is 0 Å². The number of anilines is 2. The molecule has 0 bridgehead atoms. The molecule has 2 nitrogen and oxygen atoms in total. The van der Waals surface area contributed by atoms with E-state index in [0.29, 0.717) is 0 Å². The van der Waals surface area contributed by atoms with Crippen molar-refractivity contribution >= 4 is 11.4 Å². The van der Waals surface area contributed by atoms with Crippen LogP contribution in [0.15, 0.2) is 48.5 Å². The first kappa shape index (κ1) is 19.9. The summed E-state index contributed by atoms with van der Waals surface area (Å²) >= 11 is 0. The Morgan fingerprint density at radius 2 is 0.905 bits per heavy atom. The molecular formula is C18H24N2Y-2. The Balaban J connectivity index is 0.000000364. The Hall–Kier alpha value is -1.12. The van der Waals surface area contributed by atoms with Gasteiger partial charge in [-0.25, -0.2) is 0 Å². The molecular weight excluding hydrogens is 333 g/mol. The van der Waals surface area contributed by atoms with Gasteiger partial charge in [-0.3, -0.25) is 0 Å². The average Bonchev–Trinajstić information content (AvgIpc) is 2.40. The van der Waals surface area contributed by atoms with E-state index in [1.165, 1.54) is 11.4 Å². The SMILES string of the molecule is [CH2-]c1ccccc1N(C)C.[CH2-]c1ccccc1N(C)C.[Y]. The van der Waals surface area contributed by atoms with Gasteiger partial charge >= 0.3 is 0 Å². The second kappa shape index (κ2) is 9.75. The van der Waals surface area contributed by atoms with E-state index in [1.807, 2.05) is 64.6 Å². The molecule has 0 saturated heterocycles. The largest absolute Gasteiger partial charge is 0.428 e. The van der Waals surface area contributed by atoms with Gasteiger partial charge in [0.25, 0.3) is 0 Å². The van der Waals surface area contributed by atoms with Gasteiger partial charge in [0.05, 0.1) is 0 Å². The molecule has 0 unspecified atom stereocenters. The fourth-order valence-corrected chi connectivity index (χ4v) is 1.89. The zero-order valence-electron chi connectivity index (χ0n) is 13.5. The predicted octanol–water partition coefficient (Wildman–Crippen LogP) is 3.87. The smallest absolute Gasteiger partial charge is 0 e. The van der Waals surface area contributed by atoms with Gasteiger partial charge in [0.2, 0.25) is 0 Å². The third-order valence-electron chi connectivity index (χ3n) is 2.95. The molecule has 0 saturated carbocycles. The van der Waals surface area contributed by atoms with Gasteiger partial charge in [0, 0.05) is 32.7 Å². The van der Waals surface area contributed by atoms with E-state index >= 15 is 0 Å². The van der Waals surface area contributed by atoms with Crippen LogP contribution in [-0.4, -0.2) is 28.2 Å². The summed E-state index contributed by atoms with van der Waals surface area (Å²) in [4.78, 5) is 4.12. The van der Waals surface area contributed by atoms with E-state index in [1.54, 1.807) is 0 Å². The van der Waals surface area contributed by atoms with Crippen LogP contribution < -0.4 is 9.80 Å². The summed E-state index contributed by atoms with van der Waals surface area (Å²) in [6.45, 7) is 7.80. The third kappa shape index (κ3) is 6.45. The monoisotopic (exact) mass is 357 g/mol. The number of hydrogen-bond acceptors (Lipinski definition) is 2. The van der Waals surface area contributed by atoms with Gasteiger partial charge in [-0.2, -0.15) is 37.1 Å². The van der Waals surface area contributed by atoms with E-state index in [9.17, 15) is 0 Å². The zero-order chi connectivity index (χ0) is 15.1. The first-order chi connectivity index (χ1) is 9.43. The molecule has 0 heterocycles. The van der Waals surface area contributed by atoms with Crippen LogP contribution in [0.4, 0.5) is 11.4 Å². The van der Waals surface area contributed by atoms with Gasteiger partial charge in [0.15, 0.2) is 0 Å². The summed E-state index contributed by atoms with van der Waals surface area (Å²) in [6.07, 6.45) is 0. The van der Waals surface area contributed by atoms with E-state index in [-0.39, 0.29) is 32.7 Å². The maximum absolute atomic E-state index is 3.90. The summed E-state index contributed by atoms with van der Waals surface area (Å²) in [6, 6.07) is 16.2. The van der Waals surface area contributed by atoms with Crippen LogP contribution in [0.3, 0.4) is 0 Å². The summed E-state index contributed by atoms with van der Waals surface area (Å²) in [5.41, 5.74) is 4.52. The van der Waals surface area contributed by atoms with Crippen molar-refractivity contribution in [3.8, 4) is 0 Å². The molecule has 1 radical (unpaired) electrons. The molecule has 2 rings (SSSR count). The number of nitrogens with zero attached hydrogens (tertiary/aromatic N) is 2. The zero-order valence-corrected chi connectivity index (χ0v) is 16.3. The van der Waals surface area contributed by atoms with E-state index < -0.39 is 0 Å². The minimum absolute atomic E-state index is 0. The van der Waals surface area contributed by atoms with Crippen LogP contribution in [0, 0.1) is 13.8 Å². The molecule has 0 aliphatic carbocycles. The normalized spacial score (nSPS) is 8.95. The fourth-order valence-electron chi connectivity index (χ4n) is 1.89. The second-order valence-electron chi connectivity index (χ2n) is 5.05. The maximum atomic E-state index is 3.90. The first-order valence-electron chi connectivity index (χ1n) is 6.60. The average molecular weight is 357 g/mol. The number of hydrogen-bond donors (Lipinski definition) is 0. The van der Waals surface area contributed by atoms with Crippen molar-refractivity contribution < 1.29 is 32.7 Å². The van der Waals surface area contributed by atoms with E-state index in [4.69, 9.17) is 0 Å². The Labute approximate surface area is 155 Å². The molecule has 0 aliphatic rings. The molecule has 111 valence electrons. The van der Waals surface area contributed by atoms with Crippen molar-refractivity contribution in [2.45, 2.75) is 0 Å². The summed E-state index contributed by atoms with van der Waals surface area (Å²) < 4.78 is 0. The number of rotatable bonds is 2. The third-order valence-corrected chi connectivity index (χ3v) is 2.95. The summed E-state index contributed by atoms with van der Waals surface area (Å²) in [5, 5.41) is 0. The van der Waals surface area contributed by atoms with Gasteiger partial charge in [-0.05, 0) is 28.2 Å². The first-order valence-corrected chi connectivity index (χ1v) is 6.60. The molecule has 3 heteroatoms. The summed E-state index contributed by atoms with van der Waals surface area (Å²) in [5.74, 6) is 0. The fraction of sp³-hybridized carbons (Fsp3) is 0.222. The summed E-state index contributed by atoms with van der Waals surface area (Å²) in [7, 11) is 8.07. The van der Waals surface area contributed by atoms with E-state index in [2.05, 4.69) is 35.8 Å². The maximum Gasteiger partial charge on any atom is 0 e. The molecule has 0 fully saturated rings. The van der Waals surface area contributed by atoms with Gasteiger partial charge in [-0.1, -0.05) is 35.6 Å². The van der Waals surface area contributed by atoms with Crippen molar-refractivity contribution in [2.75, 3.05) is 38.0 Å². The quantitative estimate of drug-likeness (QED) is 0.753. The molecule has 0 aromatic heterocycles. The van der Waals surface area contributed by atoms with Gasteiger partial charge < -0.3 is 9.80 Å². The van der Waals surface area contributed by atoms with Crippen molar-refractivity contribution in [3.63, 3.8) is 0 Å². The van der Waals surface area contributed by atoms with Crippen molar-refractivity contribution in [2.24, 2.45) is 0 Å². The minimum atomic E-state index is 0. The minimum Gasteiger partial charge on any atom is -0.428 e. The topological polar surface area (TPSA) is 6.48 Å². The Morgan fingerprint density at radius 3 is 1.10 bits per heavy atom. The van der Waals surface area contributed by atoms with Crippen LogP contribution in [0.5, 0.6) is 0 Å². The Morgan fingerprint density at radius 1 is 0.619 bits per heavy atom. The predicted molar refractivity (Wildman–Crippen MR) is 90.5 cm³/mol. The molecule has 0 aliphatic heterocycles. The number of para-hydroxylation sites is 2. The van der Waals surface area contributed by atoms with Crippen LogP contribution in [-0.2, 0) is 32.7 Å². The molecule has 0 N–H and O–H groups in total. The van der Waals surface area contributed by atoms with Crippen LogP contribution >= 0.6 is 0 Å². The van der Waals surface area contributed by atoms with Crippen molar-refractivity contribution in [1.82, 2.24) is 0 Å². The van der Waals surface area contributed by atoms with Gasteiger partial charge in [-0.15, -0.1) is 12.1 Å². The molecule has 0 atom stereocenters. The van der Waals surface area contributed by atoms with Crippen LogP contribution in [0.25, 0.3) is 0 Å². The second-order valence-corrected chi connectivity index (χ2v) is 5.05. The van der Waals surface area contributed by atoms with Gasteiger partial charge in [0.1, 0.15) is 0 Å². The molecule has 21 heavy (non-hydrogen) atoms. The number of benzene rings is 2. The molecule has 0 spiro atoms. The molecule has 0 amide bonds. The Bertz CT molecular complexity index is 487. The van der Waals surface area contributed by atoms with E-state index in [0.717, 1.165) is 11.1 Å². The molecule has 2 aromatic rings. The van der Waals surface area contributed by atoms with Crippen molar-refractivity contribution in [1.29, 1.82) is 0 Å². The molecule has 2 aromatic carbocycles. The Kier molecular flexibility index (Phi) is 9.24. The van der Waals surface area contributed by atoms with Crippen molar-refractivity contribution in [3.05, 3.63) is 73.5 Å².